The van der Waals surface area contributed by atoms with Crippen LogP contribution in [0.25, 0.3) is 0 Å². The normalized spacial score (nSPS) is 23.8. The molecule has 51 heavy (non-hydrogen) atoms. The average Bonchev–Trinajstić information content (AvgIpc) is 3.67. The van der Waals surface area contributed by atoms with E-state index >= 15 is 0 Å². The zero-order valence-corrected chi connectivity index (χ0v) is 31.0. The first-order valence-electron chi connectivity index (χ1n) is 18.9. The van der Waals surface area contributed by atoms with Gasteiger partial charge in [-0.2, -0.15) is 12.6 Å². The summed E-state index contributed by atoms with van der Waals surface area (Å²) in [5.74, 6) is 0.0480. The quantitative estimate of drug-likeness (QED) is 0.193. The molecule has 0 aromatic heterocycles. The number of hydrogen-bond acceptors (Lipinski definition) is 7. The summed E-state index contributed by atoms with van der Waals surface area (Å²) >= 11 is 4.68. The molecule has 4 amide bonds. The second-order valence-electron chi connectivity index (χ2n) is 14.5. The van der Waals surface area contributed by atoms with Crippen molar-refractivity contribution in [1.29, 1.82) is 0 Å². The predicted octanol–water partition coefficient (Wildman–Crippen LogP) is 4.91. The van der Waals surface area contributed by atoms with Crippen molar-refractivity contribution in [2.45, 2.75) is 108 Å². The van der Waals surface area contributed by atoms with Crippen molar-refractivity contribution in [1.82, 2.24) is 20.9 Å². The number of hydrogen-bond donors (Lipinski definition) is 4. The maximum Gasteiger partial charge on any atom is 0.244 e. The van der Waals surface area contributed by atoms with Crippen molar-refractivity contribution in [3.63, 3.8) is 0 Å². The Hall–Kier alpha value is -3.57. The first kappa shape index (κ1) is 38.7. The van der Waals surface area contributed by atoms with Crippen LogP contribution in [0, 0.1) is 18.8 Å². The highest BCUT2D eigenvalue weighted by molar-refractivity contribution is 7.82. The van der Waals surface area contributed by atoms with E-state index in [4.69, 9.17) is 9.47 Å². The molecule has 4 atom stereocenters. The van der Waals surface area contributed by atoms with Crippen LogP contribution in [-0.2, 0) is 36.9 Å². The molecule has 1 saturated carbocycles. The van der Waals surface area contributed by atoms with E-state index in [9.17, 15) is 19.2 Å². The van der Waals surface area contributed by atoms with Gasteiger partial charge < -0.3 is 30.3 Å². The SMILES string of the molecule is Cc1ccc2cc1CNC(=O)[C@H](CCc1ccccc1)NC(=O)[C@@H](NC(=O)CCOCCCC1CCCC1)C(S)C(=O)N1CCCC(CCO2)C1. The van der Waals surface area contributed by atoms with Gasteiger partial charge in [-0.3, -0.25) is 19.2 Å². The molecule has 2 aromatic carbocycles. The molecule has 11 heteroatoms. The van der Waals surface area contributed by atoms with E-state index in [1.807, 2.05) is 55.5 Å². The van der Waals surface area contributed by atoms with E-state index in [2.05, 4.69) is 28.6 Å². The summed E-state index contributed by atoms with van der Waals surface area (Å²) in [5, 5.41) is 7.55. The topological polar surface area (TPSA) is 126 Å². The molecule has 278 valence electrons. The van der Waals surface area contributed by atoms with E-state index < -0.39 is 29.1 Å². The minimum Gasteiger partial charge on any atom is -0.494 e. The van der Waals surface area contributed by atoms with Gasteiger partial charge in [0, 0.05) is 32.7 Å². The lowest BCUT2D eigenvalue weighted by Gasteiger charge is -2.36. The number of carbonyl (C=O) groups excluding carboxylic acids is 4. The highest BCUT2D eigenvalue weighted by Gasteiger charge is 2.38. The van der Waals surface area contributed by atoms with Crippen LogP contribution in [0.15, 0.2) is 48.5 Å². The number of aryl methyl sites for hydroxylation is 2. The Balaban J connectivity index is 1.31. The van der Waals surface area contributed by atoms with Crippen LogP contribution >= 0.6 is 12.6 Å². The number of nitrogens with zero attached hydrogens (tertiary/aromatic N) is 1. The van der Waals surface area contributed by atoms with Crippen molar-refractivity contribution < 1.29 is 28.7 Å². The Bertz CT molecular complexity index is 1450. The number of ether oxygens (including phenoxy) is 2. The van der Waals surface area contributed by atoms with Crippen molar-refractivity contribution in [2.75, 3.05) is 32.9 Å². The molecule has 1 saturated heterocycles. The zero-order chi connectivity index (χ0) is 36.0. The maximum atomic E-state index is 14.1. The molecule has 2 fully saturated rings. The van der Waals surface area contributed by atoms with Gasteiger partial charge in [0.15, 0.2) is 0 Å². The second-order valence-corrected chi connectivity index (χ2v) is 15.0. The van der Waals surface area contributed by atoms with E-state index in [0.29, 0.717) is 39.1 Å². The standard InChI is InChI=1S/C40H56N4O6S/c1-28-15-17-33-25-32(28)26-41-38(46)34(18-16-30-9-3-2-4-10-30)42-39(47)36(37(51)40(48)44-21-7-13-31(27-44)19-24-50-33)43-35(45)20-23-49-22-8-14-29-11-5-6-12-29/h2-4,9-10,15,17,25,29,31,34,36-37,51H,5-8,11-14,16,18-24,26-27H2,1H3,(H,41,46)(H,42,47)(H,43,45)/t31?,34-,36-,37?/m0/s1. The van der Waals surface area contributed by atoms with Crippen molar-refractivity contribution in [3.05, 3.63) is 65.2 Å². The van der Waals surface area contributed by atoms with E-state index in [1.165, 1.54) is 25.7 Å². The third-order valence-electron chi connectivity index (χ3n) is 10.6. The first-order valence-corrected chi connectivity index (χ1v) is 19.5. The summed E-state index contributed by atoms with van der Waals surface area (Å²) in [4.78, 5) is 56.8. The third kappa shape index (κ3) is 12.0. The van der Waals surface area contributed by atoms with Crippen LogP contribution < -0.4 is 20.7 Å². The molecule has 0 radical (unpaired) electrons. The van der Waals surface area contributed by atoms with E-state index in [-0.39, 0.29) is 37.3 Å². The zero-order valence-electron chi connectivity index (χ0n) is 30.1. The molecule has 3 N–H and O–H groups in total. The van der Waals surface area contributed by atoms with Gasteiger partial charge in [0.25, 0.3) is 0 Å². The molecule has 1 aliphatic carbocycles. The first-order chi connectivity index (χ1) is 24.8. The van der Waals surface area contributed by atoms with Crippen LogP contribution in [0.3, 0.4) is 0 Å². The van der Waals surface area contributed by atoms with Gasteiger partial charge in [0.1, 0.15) is 23.1 Å². The second kappa shape index (κ2) is 19.9. The van der Waals surface area contributed by atoms with Gasteiger partial charge in [0.05, 0.1) is 13.2 Å². The molecule has 0 spiro atoms. The maximum absolute atomic E-state index is 14.1. The fourth-order valence-corrected chi connectivity index (χ4v) is 7.84. The number of benzene rings is 2. The van der Waals surface area contributed by atoms with Crippen LogP contribution in [0.2, 0.25) is 0 Å². The van der Waals surface area contributed by atoms with Crippen molar-refractivity contribution >= 4 is 36.3 Å². The van der Waals surface area contributed by atoms with Gasteiger partial charge in [-0.15, -0.1) is 0 Å². The Labute approximate surface area is 308 Å². The van der Waals surface area contributed by atoms with Gasteiger partial charge >= 0.3 is 0 Å². The molecule has 2 aliphatic heterocycles. The summed E-state index contributed by atoms with van der Waals surface area (Å²) in [5.41, 5.74) is 2.96. The fraction of sp³-hybridized carbons (Fsp3) is 0.600. The summed E-state index contributed by atoms with van der Waals surface area (Å²) in [6.45, 7) is 4.62. The Kier molecular flexibility index (Phi) is 15.1. The smallest absolute Gasteiger partial charge is 0.244 e. The molecule has 2 aromatic rings. The molecule has 2 heterocycles. The lowest BCUT2D eigenvalue weighted by Crippen LogP contribution is -2.60. The summed E-state index contributed by atoms with van der Waals surface area (Å²) in [6, 6.07) is 13.4. The fourth-order valence-electron chi connectivity index (χ4n) is 7.47. The van der Waals surface area contributed by atoms with Crippen molar-refractivity contribution in [2.24, 2.45) is 11.8 Å². The Morgan fingerprint density at radius 2 is 1.78 bits per heavy atom. The summed E-state index contributed by atoms with van der Waals surface area (Å²) in [7, 11) is 0. The largest absolute Gasteiger partial charge is 0.494 e. The lowest BCUT2D eigenvalue weighted by atomic mass is 9.94. The van der Waals surface area contributed by atoms with Crippen molar-refractivity contribution in [3.8, 4) is 5.75 Å². The minimum absolute atomic E-state index is 0.0457. The number of fused-ring (bicyclic) bond motifs is 4. The molecule has 4 bridgehead atoms. The molecule has 2 unspecified atom stereocenters. The number of thiol groups is 1. The highest BCUT2D eigenvalue weighted by atomic mass is 32.1. The van der Waals surface area contributed by atoms with Crippen LogP contribution in [0.1, 0.15) is 87.3 Å². The number of nitrogens with one attached hydrogen (secondary N) is 3. The Morgan fingerprint density at radius 3 is 2.59 bits per heavy atom. The number of carbonyl (C=O) groups is 4. The Morgan fingerprint density at radius 1 is 0.980 bits per heavy atom. The van der Waals surface area contributed by atoms with E-state index in [1.54, 1.807) is 4.90 Å². The lowest BCUT2D eigenvalue weighted by molar-refractivity contribution is -0.137. The molecule has 3 aliphatic rings. The molecular weight excluding hydrogens is 665 g/mol. The molecular formula is C40H56N4O6S. The highest BCUT2D eigenvalue weighted by Crippen LogP contribution is 2.28. The predicted molar refractivity (Wildman–Crippen MR) is 200 cm³/mol. The average molecular weight is 721 g/mol. The van der Waals surface area contributed by atoms with Gasteiger partial charge in [-0.1, -0.05) is 62.1 Å². The summed E-state index contributed by atoms with van der Waals surface area (Å²) in [6.07, 6.45) is 10.8. The van der Waals surface area contributed by atoms with Crippen LogP contribution in [-0.4, -0.2) is 78.8 Å². The monoisotopic (exact) mass is 720 g/mol. The summed E-state index contributed by atoms with van der Waals surface area (Å²) < 4.78 is 11.9. The van der Waals surface area contributed by atoms with E-state index in [0.717, 1.165) is 60.5 Å². The number of amides is 4. The molecule has 10 nitrogen and oxygen atoms in total. The van der Waals surface area contributed by atoms with Gasteiger partial charge in [0.2, 0.25) is 23.6 Å². The van der Waals surface area contributed by atoms with Crippen LogP contribution in [0.4, 0.5) is 0 Å². The van der Waals surface area contributed by atoms with Gasteiger partial charge in [-0.05, 0) is 92.5 Å². The minimum atomic E-state index is -1.29. The number of piperidine rings is 1. The molecule has 5 rings (SSSR count). The number of rotatable bonds is 11. The third-order valence-corrected chi connectivity index (χ3v) is 11.1. The van der Waals surface area contributed by atoms with Crippen LogP contribution in [0.5, 0.6) is 5.75 Å². The van der Waals surface area contributed by atoms with Gasteiger partial charge in [-0.25, -0.2) is 0 Å².